The fraction of sp³-hybridized carbons (Fsp3) is 0.696. The van der Waals surface area contributed by atoms with Crippen LogP contribution in [0, 0.1) is 17.7 Å². The Labute approximate surface area is 213 Å². The number of hydrogen-bond donors (Lipinski definition) is 2. The van der Waals surface area contributed by atoms with E-state index in [9.17, 15) is 30.7 Å². The van der Waals surface area contributed by atoms with Crippen LogP contribution >= 0.6 is 0 Å². The van der Waals surface area contributed by atoms with Crippen molar-refractivity contribution in [3.63, 3.8) is 0 Å². The van der Waals surface area contributed by atoms with Crippen molar-refractivity contribution in [1.82, 2.24) is 9.88 Å². The number of aliphatic carboxylic acids is 2. The first-order valence-corrected chi connectivity index (χ1v) is 11.8. The number of alkyl halides is 6. The van der Waals surface area contributed by atoms with Crippen LogP contribution < -0.4 is 4.74 Å². The van der Waals surface area contributed by atoms with E-state index in [1.807, 2.05) is 0 Å². The minimum absolute atomic E-state index is 0.0338. The molecule has 2 saturated heterocycles. The van der Waals surface area contributed by atoms with Crippen molar-refractivity contribution < 1.29 is 60.0 Å². The zero-order valence-corrected chi connectivity index (χ0v) is 20.2. The van der Waals surface area contributed by atoms with Gasteiger partial charge in [0, 0.05) is 32.4 Å². The first-order chi connectivity index (χ1) is 17.6. The van der Waals surface area contributed by atoms with E-state index in [2.05, 4.69) is 9.88 Å². The van der Waals surface area contributed by atoms with Crippen molar-refractivity contribution in [3.05, 3.63) is 24.1 Å². The zero-order chi connectivity index (χ0) is 28.6. The molecule has 4 rings (SSSR count). The van der Waals surface area contributed by atoms with Crippen molar-refractivity contribution in [3.8, 4) is 5.88 Å². The Morgan fingerprint density at radius 3 is 2.08 bits per heavy atom. The predicted molar refractivity (Wildman–Crippen MR) is 117 cm³/mol. The van der Waals surface area contributed by atoms with Crippen molar-refractivity contribution in [1.29, 1.82) is 0 Å². The van der Waals surface area contributed by atoms with Gasteiger partial charge in [0.15, 0.2) is 5.82 Å². The number of ether oxygens (including phenoxy) is 2. The average molecular weight is 562 g/mol. The van der Waals surface area contributed by atoms with Crippen LogP contribution in [-0.2, 0) is 14.3 Å². The van der Waals surface area contributed by atoms with E-state index in [1.165, 1.54) is 25.5 Å². The molecule has 1 aliphatic carbocycles. The van der Waals surface area contributed by atoms with Crippen molar-refractivity contribution in [2.75, 3.05) is 32.8 Å². The number of aromatic nitrogens is 1. The normalized spacial score (nSPS) is 21.1. The van der Waals surface area contributed by atoms with Gasteiger partial charge in [-0.2, -0.15) is 26.3 Å². The van der Waals surface area contributed by atoms with E-state index in [-0.39, 0.29) is 17.3 Å². The Morgan fingerprint density at radius 2 is 1.61 bits per heavy atom. The second kappa shape index (κ2) is 13.4. The highest BCUT2D eigenvalue weighted by Crippen LogP contribution is 2.43. The highest BCUT2D eigenvalue weighted by Gasteiger charge is 2.46. The average Bonchev–Trinajstić information content (AvgIpc) is 3.56. The Bertz CT molecular complexity index is 892. The van der Waals surface area contributed by atoms with Gasteiger partial charge in [-0.15, -0.1) is 0 Å². The molecule has 3 aliphatic rings. The molecule has 1 aromatic rings. The number of hydrogen-bond acceptors (Lipinski definition) is 6. The zero-order valence-electron chi connectivity index (χ0n) is 20.2. The minimum Gasteiger partial charge on any atom is -0.476 e. The van der Waals surface area contributed by atoms with E-state index < -0.39 is 24.3 Å². The first kappa shape index (κ1) is 31.5. The Balaban J connectivity index is 0.000000301. The van der Waals surface area contributed by atoms with Gasteiger partial charge >= 0.3 is 24.3 Å². The SMILES string of the molecule is Fc1cccnc1OCCC1CCOC12CCN(CC1CC1)CC2.O=C(O)C(F)(F)F.O=C(O)C(F)(F)F. The van der Waals surface area contributed by atoms with E-state index in [1.54, 1.807) is 12.3 Å². The maximum absolute atomic E-state index is 13.6. The molecular formula is C23H29F7N2O6. The lowest BCUT2D eigenvalue weighted by Crippen LogP contribution is -2.48. The lowest BCUT2D eigenvalue weighted by Gasteiger charge is -2.42. The van der Waals surface area contributed by atoms with Crippen molar-refractivity contribution in [2.24, 2.45) is 11.8 Å². The summed E-state index contributed by atoms with van der Waals surface area (Å²) in [4.78, 5) is 24.4. The van der Waals surface area contributed by atoms with Crippen LogP contribution in [0.15, 0.2) is 18.3 Å². The van der Waals surface area contributed by atoms with Crippen LogP contribution in [-0.4, -0.2) is 82.8 Å². The number of nitrogens with zero attached hydrogens (tertiary/aromatic N) is 2. The standard InChI is InChI=1S/C19H27FN2O2.2C2HF3O2/c20-17-2-1-9-21-18(17)23-12-5-16-6-13-24-19(16)7-10-22(11-8-19)14-15-3-4-15;2*3-2(4,5)1(6)7/h1-2,9,15-16H,3-8,10-14H2;2*(H,6,7). The summed E-state index contributed by atoms with van der Waals surface area (Å²) in [6.45, 7) is 4.95. The molecule has 2 aliphatic heterocycles. The fourth-order valence-electron chi connectivity index (χ4n) is 4.30. The third-order valence-corrected chi connectivity index (χ3v) is 6.43. The predicted octanol–water partition coefficient (Wildman–Crippen LogP) is 4.54. The van der Waals surface area contributed by atoms with Crippen molar-refractivity contribution in [2.45, 2.75) is 56.5 Å². The summed E-state index contributed by atoms with van der Waals surface area (Å²) >= 11 is 0. The number of likely N-dealkylation sites (tertiary alicyclic amines) is 1. The van der Waals surface area contributed by atoms with E-state index in [0.717, 1.165) is 51.3 Å². The topological polar surface area (TPSA) is 109 Å². The molecule has 15 heteroatoms. The minimum atomic E-state index is -5.08. The monoisotopic (exact) mass is 562 g/mol. The molecule has 1 atom stereocenters. The molecule has 1 saturated carbocycles. The van der Waals surface area contributed by atoms with E-state index in [4.69, 9.17) is 29.3 Å². The molecule has 3 heterocycles. The molecule has 1 unspecified atom stereocenters. The maximum Gasteiger partial charge on any atom is 0.490 e. The Kier molecular flexibility index (Phi) is 11.1. The van der Waals surface area contributed by atoms with Gasteiger partial charge in [0.05, 0.1) is 12.2 Å². The highest BCUT2D eigenvalue weighted by molar-refractivity contribution is 5.73. The quantitative estimate of drug-likeness (QED) is 0.487. The smallest absolute Gasteiger partial charge is 0.476 e. The molecule has 1 spiro atoms. The van der Waals surface area contributed by atoms with E-state index in [0.29, 0.717) is 12.5 Å². The molecule has 2 N–H and O–H groups in total. The molecule has 0 radical (unpaired) electrons. The Morgan fingerprint density at radius 1 is 1.05 bits per heavy atom. The summed E-state index contributed by atoms with van der Waals surface area (Å²) in [5, 5.41) is 14.2. The molecule has 1 aromatic heterocycles. The van der Waals surface area contributed by atoms with Crippen LogP contribution in [0.5, 0.6) is 5.88 Å². The largest absolute Gasteiger partial charge is 0.490 e. The first-order valence-electron chi connectivity index (χ1n) is 11.8. The van der Waals surface area contributed by atoms with Gasteiger partial charge < -0.3 is 24.6 Å². The molecule has 3 fully saturated rings. The number of rotatable bonds is 6. The highest BCUT2D eigenvalue weighted by atomic mass is 19.4. The number of carbonyl (C=O) groups is 2. The van der Waals surface area contributed by atoms with Gasteiger partial charge in [-0.3, -0.25) is 0 Å². The van der Waals surface area contributed by atoms with Gasteiger partial charge in [0.25, 0.3) is 0 Å². The van der Waals surface area contributed by atoms with Crippen LogP contribution in [0.25, 0.3) is 0 Å². The summed E-state index contributed by atoms with van der Waals surface area (Å²) < 4.78 is 88.8. The lowest BCUT2D eigenvalue weighted by molar-refractivity contribution is -0.193. The maximum atomic E-state index is 13.6. The number of piperidine rings is 1. The number of halogens is 7. The second-order valence-electron chi connectivity index (χ2n) is 9.18. The third-order valence-electron chi connectivity index (χ3n) is 6.43. The van der Waals surface area contributed by atoms with Crippen LogP contribution in [0.4, 0.5) is 30.7 Å². The Hall–Kier alpha value is -2.68. The second-order valence-corrected chi connectivity index (χ2v) is 9.18. The summed E-state index contributed by atoms with van der Waals surface area (Å²) in [6, 6.07) is 2.97. The summed E-state index contributed by atoms with van der Waals surface area (Å²) in [5.74, 6) is -4.30. The van der Waals surface area contributed by atoms with Gasteiger partial charge in [0.2, 0.25) is 5.88 Å². The van der Waals surface area contributed by atoms with Crippen LogP contribution in [0.1, 0.15) is 38.5 Å². The number of carboxylic acid groups (broad SMARTS) is 2. The summed E-state index contributed by atoms with van der Waals surface area (Å²) in [6.07, 6.45) is -1.50. The van der Waals surface area contributed by atoms with Gasteiger partial charge in [-0.1, -0.05) is 0 Å². The van der Waals surface area contributed by atoms with E-state index >= 15 is 0 Å². The van der Waals surface area contributed by atoms with Gasteiger partial charge in [0.1, 0.15) is 0 Å². The molecule has 8 nitrogen and oxygen atoms in total. The fourth-order valence-corrected chi connectivity index (χ4v) is 4.30. The van der Waals surface area contributed by atoms with Crippen molar-refractivity contribution >= 4 is 11.9 Å². The summed E-state index contributed by atoms with van der Waals surface area (Å²) in [7, 11) is 0. The van der Waals surface area contributed by atoms with Gasteiger partial charge in [-0.25, -0.2) is 19.0 Å². The van der Waals surface area contributed by atoms with Crippen LogP contribution in [0.3, 0.4) is 0 Å². The molecule has 0 bridgehead atoms. The third kappa shape index (κ3) is 10.2. The van der Waals surface area contributed by atoms with Crippen LogP contribution in [0.2, 0.25) is 0 Å². The molecule has 0 aromatic carbocycles. The molecule has 38 heavy (non-hydrogen) atoms. The number of pyridine rings is 1. The lowest BCUT2D eigenvalue weighted by atomic mass is 9.78. The molecule has 216 valence electrons. The summed E-state index contributed by atoms with van der Waals surface area (Å²) in [5.41, 5.74) is 0.0338. The molecule has 0 amide bonds. The molecular weight excluding hydrogens is 533 g/mol. The number of carboxylic acids is 2. The van der Waals surface area contributed by atoms with Gasteiger partial charge in [-0.05, 0) is 62.5 Å².